The van der Waals surface area contributed by atoms with Gasteiger partial charge in [-0.05, 0) is 23.7 Å². The molecular weight excluding hydrogens is 266 g/mol. The third-order valence-electron chi connectivity index (χ3n) is 2.64. The summed E-state index contributed by atoms with van der Waals surface area (Å²) in [5.74, 6) is 0.898. The van der Waals surface area contributed by atoms with Gasteiger partial charge in [-0.1, -0.05) is 6.07 Å². The molecule has 0 unspecified atom stereocenters. The zero-order valence-electron chi connectivity index (χ0n) is 9.48. The molecule has 0 amide bonds. The van der Waals surface area contributed by atoms with Crippen molar-refractivity contribution >= 4 is 23.6 Å². The molecule has 3 aromatic heterocycles. The summed E-state index contributed by atoms with van der Waals surface area (Å²) in [5.41, 5.74) is 0. The number of aromatic amines is 1. The molecule has 0 aromatic carbocycles. The Morgan fingerprint density at radius 3 is 3.06 bits per heavy atom. The van der Waals surface area contributed by atoms with Gasteiger partial charge in [-0.2, -0.15) is 5.10 Å². The SMILES string of the molecule is S=c1[nH]nc(-c2cccs2)n1CCn1ccnc1. The Hall–Kier alpha value is -1.73. The minimum absolute atomic E-state index is 0.651. The van der Waals surface area contributed by atoms with Crippen LogP contribution in [0.3, 0.4) is 0 Å². The second-order valence-electron chi connectivity index (χ2n) is 3.78. The van der Waals surface area contributed by atoms with Gasteiger partial charge in [0.25, 0.3) is 0 Å². The van der Waals surface area contributed by atoms with Crippen molar-refractivity contribution in [3.05, 3.63) is 41.0 Å². The van der Waals surface area contributed by atoms with E-state index in [-0.39, 0.29) is 0 Å². The average molecular weight is 277 g/mol. The van der Waals surface area contributed by atoms with Crippen LogP contribution >= 0.6 is 23.6 Å². The van der Waals surface area contributed by atoms with Gasteiger partial charge in [0, 0.05) is 25.5 Å². The van der Waals surface area contributed by atoms with Crippen LogP contribution in [0, 0.1) is 4.77 Å². The third kappa shape index (κ3) is 2.14. The number of nitrogens with one attached hydrogen (secondary N) is 1. The number of rotatable bonds is 4. The maximum atomic E-state index is 5.27. The van der Waals surface area contributed by atoms with Gasteiger partial charge in [0.1, 0.15) is 0 Å². The number of H-pyrrole nitrogens is 1. The summed E-state index contributed by atoms with van der Waals surface area (Å²) < 4.78 is 4.69. The smallest absolute Gasteiger partial charge is 0.195 e. The maximum absolute atomic E-state index is 5.27. The van der Waals surface area contributed by atoms with Crippen molar-refractivity contribution in [3.8, 4) is 10.7 Å². The van der Waals surface area contributed by atoms with Crippen LogP contribution in [0.1, 0.15) is 0 Å². The fourth-order valence-corrected chi connectivity index (χ4v) is 2.70. The molecule has 0 aliphatic heterocycles. The van der Waals surface area contributed by atoms with E-state index in [2.05, 4.69) is 15.2 Å². The maximum Gasteiger partial charge on any atom is 0.195 e. The van der Waals surface area contributed by atoms with E-state index in [1.54, 1.807) is 23.9 Å². The fraction of sp³-hybridized carbons (Fsp3) is 0.182. The lowest BCUT2D eigenvalue weighted by Gasteiger charge is -2.06. The Kier molecular flexibility index (Phi) is 3.07. The van der Waals surface area contributed by atoms with Gasteiger partial charge in [-0.15, -0.1) is 11.3 Å². The lowest BCUT2D eigenvalue weighted by molar-refractivity contribution is 0.577. The van der Waals surface area contributed by atoms with Crippen molar-refractivity contribution in [2.75, 3.05) is 0 Å². The molecule has 3 rings (SSSR count). The summed E-state index contributed by atoms with van der Waals surface area (Å²) in [6.07, 6.45) is 5.51. The number of aromatic nitrogens is 5. The van der Waals surface area contributed by atoms with Gasteiger partial charge in [0.2, 0.25) is 0 Å². The Balaban J connectivity index is 1.87. The highest BCUT2D eigenvalue weighted by Gasteiger charge is 2.09. The second kappa shape index (κ2) is 4.87. The summed E-state index contributed by atoms with van der Waals surface area (Å²) in [4.78, 5) is 5.14. The normalized spacial score (nSPS) is 10.9. The molecule has 0 aliphatic rings. The third-order valence-corrected chi connectivity index (χ3v) is 3.82. The van der Waals surface area contributed by atoms with Crippen LogP contribution in [0.5, 0.6) is 0 Å². The number of nitrogens with zero attached hydrogens (tertiary/aromatic N) is 4. The molecule has 0 radical (unpaired) electrons. The van der Waals surface area contributed by atoms with Crippen molar-refractivity contribution in [3.63, 3.8) is 0 Å². The van der Waals surface area contributed by atoms with E-state index in [1.165, 1.54) is 0 Å². The number of thiophene rings is 1. The molecule has 0 saturated heterocycles. The standard InChI is InChI=1S/C11H11N5S2/c17-11-14-13-10(9-2-1-7-18-9)16(11)6-5-15-4-3-12-8-15/h1-4,7-8H,5-6H2,(H,14,17). The first-order valence-electron chi connectivity index (χ1n) is 5.49. The molecule has 0 fully saturated rings. The molecule has 7 heteroatoms. The minimum atomic E-state index is 0.651. The fourth-order valence-electron chi connectivity index (χ4n) is 1.75. The lowest BCUT2D eigenvalue weighted by atomic mass is 10.4. The van der Waals surface area contributed by atoms with Gasteiger partial charge in [0.05, 0.1) is 11.2 Å². The van der Waals surface area contributed by atoms with E-state index in [0.29, 0.717) is 4.77 Å². The zero-order chi connectivity index (χ0) is 12.4. The summed E-state index contributed by atoms with van der Waals surface area (Å²) in [5, 5.41) is 9.18. The quantitative estimate of drug-likeness (QED) is 0.746. The summed E-state index contributed by atoms with van der Waals surface area (Å²) >= 11 is 6.92. The lowest BCUT2D eigenvalue weighted by Crippen LogP contribution is -2.07. The van der Waals surface area contributed by atoms with Gasteiger partial charge < -0.3 is 4.57 Å². The van der Waals surface area contributed by atoms with E-state index in [1.807, 2.05) is 32.8 Å². The Bertz CT molecular complexity index is 663. The predicted molar refractivity (Wildman–Crippen MR) is 73.0 cm³/mol. The first kappa shape index (κ1) is 11.4. The Morgan fingerprint density at radius 2 is 2.33 bits per heavy atom. The molecule has 1 N–H and O–H groups in total. The van der Waals surface area contributed by atoms with Gasteiger partial charge >= 0.3 is 0 Å². The van der Waals surface area contributed by atoms with Crippen LogP contribution in [0.2, 0.25) is 0 Å². The van der Waals surface area contributed by atoms with E-state index >= 15 is 0 Å². The highest BCUT2D eigenvalue weighted by Crippen LogP contribution is 2.22. The van der Waals surface area contributed by atoms with E-state index in [9.17, 15) is 0 Å². The predicted octanol–water partition coefficient (Wildman–Crippen LogP) is 2.57. The van der Waals surface area contributed by atoms with Gasteiger partial charge in [-0.25, -0.2) is 4.98 Å². The Labute approximate surface area is 113 Å². The number of imidazole rings is 1. The highest BCUT2D eigenvalue weighted by molar-refractivity contribution is 7.71. The van der Waals surface area contributed by atoms with Crippen LogP contribution in [0.15, 0.2) is 36.2 Å². The number of hydrogen-bond donors (Lipinski definition) is 1. The summed E-state index contributed by atoms with van der Waals surface area (Å²) in [6, 6.07) is 4.06. The largest absolute Gasteiger partial charge is 0.336 e. The molecule has 5 nitrogen and oxygen atoms in total. The number of aryl methyl sites for hydroxylation is 1. The molecular formula is C11H11N5S2. The van der Waals surface area contributed by atoms with E-state index < -0.39 is 0 Å². The van der Waals surface area contributed by atoms with Gasteiger partial charge in [0.15, 0.2) is 10.6 Å². The molecule has 0 aliphatic carbocycles. The van der Waals surface area contributed by atoms with Crippen LogP contribution in [0.4, 0.5) is 0 Å². The van der Waals surface area contributed by atoms with Crippen molar-refractivity contribution in [1.29, 1.82) is 0 Å². The molecule has 0 atom stereocenters. The van der Waals surface area contributed by atoms with E-state index in [0.717, 1.165) is 23.8 Å². The number of hydrogen-bond acceptors (Lipinski definition) is 4. The van der Waals surface area contributed by atoms with E-state index in [4.69, 9.17) is 12.2 Å². The molecule has 92 valence electrons. The average Bonchev–Trinajstić information content (AvgIpc) is 3.08. The molecule has 0 spiro atoms. The van der Waals surface area contributed by atoms with Crippen molar-refractivity contribution in [2.45, 2.75) is 13.1 Å². The van der Waals surface area contributed by atoms with Crippen LogP contribution < -0.4 is 0 Å². The van der Waals surface area contributed by atoms with Crippen molar-refractivity contribution in [2.24, 2.45) is 0 Å². The monoisotopic (exact) mass is 277 g/mol. The minimum Gasteiger partial charge on any atom is -0.336 e. The molecule has 0 saturated carbocycles. The summed E-state index contributed by atoms with van der Waals surface area (Å²) in [7, 11) is 0. The van der Waals surface area contributed by atoms with Crippen LogP contribution in [-0.4, -0.2) is 24.3 Å². The molecule has 18 heavy (non-hydrogen) atoms. The Morgan fingerprint density at radius 1 is 1.39 bits per heavy atom. The van der Waals surface area contributed by atoms with Crippen LogP contribution in [0.25, 0.3) is 10.7 Å². The summed E-state index contributed by atoms with van der Waals surface area (Å²) in [6.45, 7) is 1.60. The van der Waals surface area contributed by atoms with Crippen LogP contribution in [-0.2, 0) is 13.1 Å². The molecule has 3 heterocycles. The highest BCUT2D eigenvalue weighted by atomic mass is 32.1. The first-order chi connectivity index (χ1) is 8.84. The second-order valence-corrected chi connectivity index (χ2v) is 5.12. The first-order valence-corrected chi connectivity index (χ1v) is 6.78. The topological polar surface area (TPSA) is 51.4 Å². The van der Waals surface area contributed by atoms with Crippen molar-refractivity contribution < 1.29 is 0 Å². The molecule has 3 aromatic rings. The van der Waals surface area contributed by atoms with Gasteiger partial charge in [-0.3, -0.25) is 9.67 Å². The van der Waals surface area contributed by atoms with Crippen molar-refractivity contribution in [1.82, 2.24) is 24.3 Å². The zero-order valence-corrected chi connectivity index (χ0v) is 11.1. The molecule has 0 bridgehead atoms.